The van der Waals surface area contributed by atoms with E-state index < -0.39 is 0 Å². The van der Waals surface area contributed by atoms with E-state index in [4.69, 9.17) is 28.2 Å². The first-order valence-corrected chi connectivity index (χ1v) is 9.31. The largest absolute Gasteiger partial charge is 0.298 e. The van der Waals surface area contributed by atoms with Crippen molar-refractivity contribution in [2.75, 3.05) is 13.1 Å². The molecule has 1 aliphatic carbocycles. The summed E-state index contributed by atoms with van der Waals surface area (Å²) in [6, 6.07) is 5.95. The van der Waals surface area contributed by atoms with E-state index >= 15 is 0 Å². The molecule has 1 unspecified atom stereocenters. The van der Waals surface area contributed by atoms with Gasteiger partial charge >= 0.3 is 0 Å². The van der Waals surface area contributed by atoms with Crippen molar-refractivity contribution in [1.82, 2.24) is 14.9 Å². The molecule has 0 saturated carbocycles. The highest BCUT2D eigenvalue weighted by molar-refractivity contribution is 6.42. The highest BCUT2D eigenvalue weighted by atomic mass is 35.5. The third kappa shape index (κ3) is 2.94. The summed E-state index contributed by atoms with van der Waals surface area (Å²) in [4.78, 5) is 11.7. The Kier molecular flexibility index (Phi) is 4.27. The van der Waals surface area contributed by atoms with Crippen LogP contribution in [-0.2, 0) is 18.4 Å². The van der Waals surface area contributed by atoms with Gasteiger partial charge in [0.1, 0.15) is 5.82 Å². The van der Waals surface area contributed by atoms with E-state index in [9.17, 15) is 0 Å². The van der Waals surface area contributed by atoms with Gasteiger partial charge in [0.05, 0.1) is 15.7 Å². The second kappa shape index (κ2) is 6.29. The van der Waals surface area contributed by atoms with Crippen LogP contribution in [0.4, 0.5) is 0 Å². The monoisotopic (exact) mass is 361 g/mol. The van der Waals surface area contributed by atoms with Gasteiger partial charge in [-0.05, 0) is 62.4 Å². The zero-order chi connectivity index (χ0) is 16.7. The Morgan fingerprint density at radius 3 is 2.92 bits per heavy atom. The van der Waals surface area contributed by atoms with Crippen molar-refractivity contribution in [2.24, 2.45) is 0 Å². The predicted molar refractivity (Wildman–Crippen MR) is 97.7 cm³/mol. The molecular formula is C19H21Cl2N3. The second-order valence-electron chi connectivity index (χ2n) is 7.13. The Hall–Kier alpha value is -1.16. The average molecular weight is 362 g/mol. The fraction of sp³-hybridized carbons (Fsp3) is 0.474. The summed E-state index contributed by atoms with van der Waals surface area (Å²) < 4.78 is 0. The van der Waals surface area contributed by atoms with Gasteiger partial charge in [-0.25, -0.2) is 9.97 Å². The van der Waals surface area contributed by atoms with Gasteiger partial charge in [0, 0.05) is 24.7 Å². The minimum absolute atomic E-state index is 0.206. The number of halogens is 2. The molecule has 1 aromatic heterocycles. The van der Waals surface area contributed by atoms with Crippen LogP contribution in [0.3, 0.4) is 0 Å². The molecule has 0 bridgehead atoms. The molecule has 1 fully saturated rings. The number of hydrogen-bond donors (Lipinski definition) is 0. The number of hydrogen-bond acceptors (Lipinski definition) is 3. The Labute approximate surface area is 153 Å². The maximum atomic E-state index is 6.17. The molecule has 1 saturated heterocycles. The van der Waals surface area contributed by atoms with Crippen LogP contribution in [0.5, 0.6) is 0 Å². The van der Waals surface area contributed by atoms with E-state index in [-0.39, 0.29) is 5.41 Å². The number of nitrogens with zero attached hydrogens (tertiary/aromatic N) is 3. The molecular weight excluding hydrogens is 341 g/mol. The number of benzene rings is 1. The van der Waals surface area contributed by atoms with Crippen molar-refractivity contribution < 1.29 is 0 Å². The number of piperidine rings is 1. The standard InChI is InChI=1S/C19H21Cl2N3/c1-13-22-10-15-5-7-19(18(15)23-13)6-2-8-24(12-19)11-14-3-4-16(20)17(21)9-14/h3-4,9-10H,2,5-8,11-12H2,1H3. The lowest BCUT2D eigenvalue weighted by Gasteiger charge is -2.40. The molecule has 0 radical (unpaired) electrons. The van der Waals surface area contributed by atoms with E-state index in [0.717, 1.165) is 31.9 Å². The number of rotatable bonds is 2. The molecule has 0 N–H and O–H groups in total. The van der Waals surface area contributed by atoms with Crippen molar-refractivity contribution in [3.63, 3.8) is 0 Å². The number of aryl methyl sites for hydroxylation is 2. The van der Waals surface area contributed by atoms with Crippen LogP contribution in [-0.4, -0.2) is 28.0 Å². The van der Waals surface area contributed by atoms with Gasteiger partial charge < -0.3 is 0 Å². The molecule has 126 valence electrons. The quantitative estimate of drug-likeness (QED) is 0.784. The molecule has 0 amide bonds. The lowest BCUT2D eigenvalue weighted by molar-refractivity contribution is 0.136. The molecule has 3 nitrogen and oxygen atoms in total. The fourth-order valence-electron chi connectivity index (χ4n) is 4.29. The summed E-state index contributed by atoms with van der Waals surface area (Å²) >= 11 is 12.2. The van der Waals surface area contributed by atoms with Crippen molar-refractivity contribution in [3.8, 4) is 0 Å². The minimum Gasteiger partial charge on any atom is -0.298 e. The third-order valence-corrected chi connectivity index (χ3v) is 6.15. The lowest BCUT2D eigenvalue weighted by atomic mass is 9.77. The Bertz CT molecular complexity index is 773. The van der Waals surface area contributed by atoms with Gasteiger partial charge in [0.2, 0.25) is 0 Å². The van der Waals surface area contributed by atoms with E-state index in [0.29, 0.717) is 10.0 Å². The van der Waals surface area contributed by atoms with Crippen LogP contribution in [0.1, 0.15) is 41.9 Å². The molecule has 5 heteroatoms. The number of likely N-dealkylation sites (tertiary alicyclic amines) is 1. The maximum Gasteiger partial charge on any atom is 0.125 e. The molecule has 2 heterocycles. The highest BCUT2D eigenvalue weighted by Gasteiger charge is 2.43. The van der Waals surface area contributed by atoms with Crippen LogP contribution >= 0.6 is 23.2 Å². The van der Waals surface area contributed by atoms with E-state index in [1.165, 1.54) is 36.1 Å². The molecule has 1 aromatic carbocycles. The minimum atomic E-state index is 0.206. The van der Waals surface area contributed by atoms with Crippen molar-refractivity contribution in [1.29, 1.82) is 0 Å². The summed E-state index contributed by atoms with van der Waals surface area (Å²) in [5.41, 5.74) is 4.07. The van der Waals surface area contributed by atoms with Crippen LogP contribution in [0.25, 0.3) is 0 Å². The van der Waals surface area contributed by atoms with E-state index in [1.807, 2.05) is 25.3 Å². The summed E-state index contributed by atoms with van der Waals surface area (Å²) in [5, 5.41) is 1.25. The van der Waals surface area contributed by atoms with Crippen LogP contribution in [0, 0.1) is 6.92 Å². The normalized spacial score (nSPS) is 23.6. The Morgan fingerprint density at radius 2 is 2.08 bits per heavy atom. The second-order valence-corrected chi connectivity index (χ2v) is 7.95. The van der Waals surface area contributed by atoms with Crippen molar-refractivity contribution in [2.45, 2.75) is 44.6 Å². The molecule has 2 aromatic rings. The molecule has 24 heavy (non-hydrogen) atoms. The third-order valence-electron chi connectivity index (χ3n) is 5.41. The van der Waals surface area contributed by atoms with Gasteiger partial charge in [-0.2, -0.15) is 0 Å². The molecule has 2 aliphatic rings. The predicted octanol–water partition coefficient (Wildman–Crippen LogP) is 4.57. The van der Waals surface area contributed by atoms with Crippen molar-refractivity contribution >= 4 is 23.2 Å². The van der Waals surface area contributed by atoms with Gasteiger partial charge in [-0.1, -0.05) is 29.3 Å². The van der Waals surface area contributed by atoms with E-state index in [2.05, 4.69) is 16.0 Å². The topological polar surface area (TPSA) is 29.0 Å². The maximum absolute atomic E-state index is 6.17. The zero-order valence-corrected chi connectivity index (χ0v) is 15.4. The molecule has 1 aliphatic heterocycles. The zero-order valence-electron chi connectivity index (χ0n) is 13.9. The summed E-state index contributed by atoms with van der Waals surface area (Å²) in [6.07, 6.45) is 6.77. The summed E-state index contributed by atoms with van der Waals surface area (Å²) in [5.74, 6) is 0.886. The first-order chi connectivity index (χ1) is 11.6. The van der Waals surface area contributed by atoms with Gasteiger partial charge in [0.25, 0.3) is 0 Å². The van der Waals surface area contributed by atoms with Gasteiger partial charge in [-0.15, -0.1) is 0 Å². The van der Waals surface area contributed by atoms with Crippen LogP contribution in [0.2, 0.25) is 10.0 Å². The first kappa shape index (κ1) is 16.3. The lowest BCUT2D eigenvalue weighted by Crippen LogP contribution is -2.45. The SMILES string of the molecule is Cc1ncc2c(n1)C1(CCCN(Cc3ccc(Cl)c(Cl)c3)C1)CC2. The Morgan fingerprint density at radius 1 is 1.21 bits per heavy atom. The number of aromatic nitrogens is 2. The smallest absolute Gasteiger partial charge is 0.125 e. The average Bonchev–Trinajstić information content (AvgIpc) is 2.89. The number of fused-ring (bicyclic) bond motifs is 2. The fourth-order valence-corrected chi connectivity index (χ4v) is 4.61. The van der Waals surface area contributed by atoms with Crippen LogP contribution in [0.15, 0.2) is 24.4 Å². The molecule has 1 spiro atoms. The highest BCUT2D eigenvalue weighted by Crippen LogP contribution is 2.44. The van der Waals surface area contributed by atoms with E-state index in [1.54, 1.807) is 0 Å². The summed E-state index contributed by atoms with van der Waals surface area (Å²) in [7, 11) is 0. The first-order valence-electron chi connectivity index (χ1n) is 8.55. The molecule has 4 rings (SSSR count). The summed E-state index contributed by atoms with van der Waals surface area (Å²) in [6.45, 7) is 5.10. The van der Waals surface area contributed by atoms with Crippen molar-refractivity contribution in [3.05, 3.63) is 57.1 Å². The molecule has 1 atom stereocenters. The van der Waals surface area contributed by atoms with Gasteiger partial charge in [-0.3, -0.25) is 4.90 Å². The Balaban J connectivity index is 1.57. The van der Waals surface area contributed by atoms with Gasteiger partial charge in [0.15, 0.2) is 0 Å². The van der Waals surface area contributed by atoms with Crippen LogP contribution < -0.4 is 0 Å².